The van der Waals surface area contributed by atoms with Crippen LogP contribution in [0.2, 0.25) is 0 Å². The number of halogens is 1. The van der Waals surface area contributed by atoms with Crippen LogP contribution in [0, 0.1) is 0 Å². The van der Waals surface area contributed by atoms with Crippen LogP contribution in [0.25, 0.3) is 0 Å². The Kier molecular flexibility index (Phi) is 5.85. The van der Waals surface area contributed by atoms with E-state index >= 15 is 0 Å². The molecule has 8 nitrogen and oxygen atoms in total. The third-order valence-corrected chi connectivity index (χ3v) is 5.44. The molecule has 10 heteroatoms. The van der Waals surface area contributed by atoms with E-state index in [0.29, 0.717) is 5.56 Å². The number of benzene rings is 1. The molecule has 2 unspecified atom stereocenters. The van der Waals surface area contributed by atoms with E-state index in [-0.39, 0.29) is 21.6 Å². The third kappa shape index (κ3) is 3.67. The lowest BCUT2D eigenvalue weighted by atomic mass is 10.1. The second-order valence-corrected chi connectivity index (χ2v) is 7.51. The van der Waals surface area contributed by atoms with E-state index in [4.69, 9.17) is 16.3 Å². The van der Waals surface area contributed by atoms with Crippen LogP contribution in [-0.4, -0.2) is 58.7 Å². The first-order valence-electron chi connectivity index (χ1n) is 8.12. The summed E-state index contributed by atoms with van der Waals surface area (Å²) >= 11 is 7.02. The SMILES string of the molecule is COC(=O)C1=NC2C(=O)N(C(C(=O)OCC(=O)c3ccccc3)=C(C)Cl)C2S1. The van der Waals surface area contributed by atoms with Crippen molar-refractivity contribution in [3.05, 3.63) is 46.6 Å². The second kappa shape index (κ2) is 8.15. The predicted molar refractivity (Wildman–Crippen MR) is 102 cm³/mol. The lowest BCUT2D eigenvalue weighted by molar-refractivity contribution is -0.149. The zero-order valence-electron chi connectivity index (χ0n) is 14.9. The summed E-state index contributed by atoms with van der Waals surface area (Å²) in [5.41, 5.74) is 0.216. The van der Waals surface area contributed by atoms with E-state index in [1.807, 2.05) is 0 Å². The van der Waals surface area contributed by atoms with Crippen LogP contribution < -0.4 is 0 Å². The van der Waals surface area contributed by atoms with Crippen LogP contribution in [0.5, 0.6) is 0 Å². The first kappa shape index (κ1) is 20.1. The minimum atomic E-state index is -0.907. The molecule has 1 saturated heterocycles. The fourth-order valence-corrected chi connectivity index (χ4v) is 4.07. The first-order valence-corrected chi connectivity index (χ1v) is 9.38. The van der Waals surface area contributed by atoms with Gasteiger partial charge >= 0.3 is 11.9 Å². The number of ketones is 1. The second-order valence-electron chi connectivity index (χ2n) is 5.83. The summed E-state index contributed by atoms with van der Waals surface area (Å²) in [6.07, 6.45) is 0. The number of ether oxygens (including phenoxy) is 2. The number of carbonyl (C=O) groups is 4. The quantitative estimate of drug-likeness (QED) is 0.298. The standard InChI is InChI=1S/C18H15ClN2O6S/c1-9(19)13(17(24)27-8-11(22)10-6-4-3-5-7-10)21-15(23)12-16(21)28-14(20-12)18(25)26-2/h3-7,12,16H,8H2,1-2H3. The van der Waals surface area contributed by atoms with Gasteiger partial charge < -0.3 is 9.47 Å². The number of β-lactam (4-membered cyclic amide) rings is 1. The molecule has 1 fully saturated rings. The Hall–Kier alpha value is -2.65. The lowest BCUT2D eigenvalue weighted by Crippen LogP contribution is -2.61. The number of carbonyl (C=O) groups excluding carboxylic acids is 4. The Morgan fingerprint density at radius 3 is 2.54 bits per heavy atom. The summed E-state index contributed by atoms with van der Waals surface area (Å²) in [5.74, 6) is -2.44. The molecule has 1 aromatic carbocycles. The lowest BCUT2D eigenvalue weighted by Gasteiger charge is -2.41. The molecule has 3 rings (SSSR count). The number of amides is 1. The molecule has 28 heavy (non-hydrogen) atoms. The van der Waals surface area contributed by atoms with Crippen LogP contribution in [0.15, 0.2) is 46.1 Å². The zero-order chi connectivity index (χ0) is 20.4. The summed E-state index contributed by atoms with van der Waals surface area (Å²) < 4.78 is 9.67. The highest BCUT2D eigenvalue weighted by molar-refractivity contribution is 8.16. The largest absolute Gasteiger partial charge is 0.464 e. The van der Waals surface area contributed by atoms with Gasteiger partial charge in [-0.1, -0.05) is 53.7 Å². The van der Waals surface area contributed by atoms with Crippen molar-refractivity contribution in [2.45, 2.75) is 18.3 Å². The van der Waals surface area contributed by atoms with Crippen molar-refractivity contribution in [3.8, 4) is 0 Å². The summed E-state index contributed by atoms with van der Waals surface area (Å²) in [6.45, 7) is 0.934. The van der Waals surface area contributed by atoms with Gasteiger partial charge in [-0.25, -0.2) is 9.59 Å². The Bertz CT molecular complexity index is 910. The molecule has 0 aliphatic carbocycles. The molecule has 0 aromatic heterocycles. The molecule has 2 atom stereocenters. The smallest absolute Gasteiger partial charge is 0.363 e. The molecular formula is C18H15ClN2O6S. The van der Waals surface area contributed by atoms with Crippen LogP contribution in [0.4, 0.5) is 0 Å². The first-order chi connectivity index (χ1) is 13.3. The monoisotopic (exact) mass is 422 g/mol. The number of likely N-dealkylation sites (tertiary alicyclic amines) is 1. The molecule has 146 valence electrons. The number of esters is 2. The number of rotatable bonds is 6. The number of thioether (sulfide) groups is 1. The molecule has 2 heterocycles. The highest BCUT2D eigenvalue weighted by Gasteiger charge is 2.56. The molecule has 0 saturated carbocycles. The van der Waals surface area contributed by atoms with Gasteiger partial charge in [0.05, 0.1) is 7.11 Å². The number of hydrogen-bond donors (Lipinski definition) is 0. The molecule has 0 N–H and O–H groups in total. The average Bonchev–Trinajstić information content (AvgIpc) is 3.09. The number of Topliss-reactive ketones (excluding diaryl/α,β-unsaturated/α-hetero) is 1. The molecule has 1 amide bonds. The maximum atomic E-state index is 12.5. The van der Waals surface area contributed by atoms with E-state index in [0.717, 1.165) is 16.7 Å². The Morgan fingerprint density at radius 2 is 1.93 bits per heavy atom. The van der Waals surface area contributed by atoms with Gasteiger partial charge in [0.2, 0.25) is 0 Å². The number of fused-ring (bicyclic) bond motifs is 1. The van der Waals surface area contributed by atoms with Gasteiger partial charge in [0.25, 0.3) is 5.91 Å². The van der Waals surface area contributed by atoms with Gasteiger partial charge in [0.1, 0.15) is 11.1 Å². The highest BCUT2D eigenvalue weighted by Crippen LogP contribution is 2.42. The highest BCUT2D eigenvalue weighted by atomic mass is 35.5. The average molecular weight is 423 g/mol. The number of nitrogens with zero attached hydrogens (tertiary/aromatic N) is 2. The van der Waals surface area contributed by atoms with Crippen LogP contribution >= 0.6 is 23.4 Å². The van der Waals surface area contributed by atoms with E-state index in [9.17, 15) is 19.2 Å². The van der Waals surface area contributed by atoms with Crippen molar-refractivity contribution in [1.29, 1.82) is 0 Å². The Labute approximate surface area is 169 Å². The molecule has 0 radical (unpaired) electrons. The number of methoxy groups -OCH3 is 1. The minimum absolute atomic E-state index is 0.0241. The van der Waals surface area contributed by atoms with Gasteiger partial charge in [-0.15, -0.1) is 0 Å². The summed E-state index contributed by atoms with van der Waals surface area (Å²) in [6, 6.07) is 7.56. The van der Waals surface area contributed by atoms with Gasteiger partial charge in [-0.05, 0) is 6.92 Å². The van der Waals surface area contributed by atoms with Crippen molar-refractivity contribution in [3.63, 3.8) is 0 Å². The van der Waals surface area contributed by atoms with Crippen LogP contribution in [0.3, 0.4) is 0 Å². The molecule has 2 aliphatic heterocycles. The Morgan fingerprint density at radius 1 is 1.25 bits per heavy atom. The number of allylic oxidation sites excluding steroid dienone is 1. The van der Waals surface area contributed by atoms with Crippen molar-refractivity contribution < 1.29 is 28.7 Å². The fourth-order valence-electron chi connectivity index (χ4n) is 2.69. The molecule has 0 spiro atoms. The maximum absolute atomic E-state index is 12.5. The normalized spacial score (nSPS) is 21.2. The van der Waals surface area contributed by atoms with Crippen LogP contribution in [-0.2, 0) is 23.9 Å². The minimum Gasteiger partial charge on any atom is -0.464 e. The molecule has 2 aliphatic rings. The van der Waals surface area contributed by atoms with E-state index < -0.39 is 35.9 Å². The van der Waals surface area contributed by atoms with Crippen molar-refractivity contribution in [1.82, 2.24) is 4.90 Å². The Balaban J connectivity index is 1.69. The van der Waals surface area contributed by atoms with Gasteiger partial charge in [0, 0.05) is 10.6 Å². The summed E-state index contributed by atoms with van der Waals surface area (Å²) in [4.78, 5) is 53.8. The van der Waals surface area contributed by atoms with Crippen molar-refractivity contribution in [2.75, 3.05) is 13.7 Å². The fraction of sp³-hybridized carbons (Fsp3) is 0.278. The topological polar surface area (TPSA) is 102 Å². The molecular weight excluding hydrogens is 408 g/mol. The number of hydrogen-bond acceptors (Lipinski definition) is 8. The molecule has 1 aromatic rings. The molecule has 0 bridgehead atoms. The number of aliphatic imine (C=N–C) groups is 1. The van der Waals surface area contributed by atoms with Gasteiger partial charge in [0.15, 0.2) is 23.5 Å². The van der Waals surface area contributed by atoms with Crippen molar-refractivity contribution >= 4 is 52.0 Å². The summed E-state index contributed by atoms with van der Waals surface area (Å²) in [5, 5.41) is -0.522. The summed E-state index contributed by atoms with van der Waals surface area (Å²) in [7, 11) is 1.21. The maximum Gasteiger partial charge on any atom is 0.363 e. The van der Waals surface area contributed by atoms with E-state index in [1.165, 1.54) is 14.0 Å². The van der Waals surface area contributed by atoms with E-state index in [1.54, 1.807) is 30.3 Å². The van der Waals surface area contributed by atoms with E-state index in [2.05, 4.69) is 9.73 Å². The predicted octanol–water partition coefficient (Wildman–Crippen LogP) is 1.74. The van der Waals surface area contributed by atoms with Gasteiger partial charge in [-0.3, -0.25) is 19.5 Å². The van der Waals surface area contributed by atoms with Crippen molar-refractivity contribution in [2.24, 2.45) is 4.99 Å². The third-order valence-electron chi connectivity index (χ3n) is 4.05. The van der Waals surface area contributed by atoms with Crippen LogP contribution in [0.1, 0.15) is 17.3 Å². The zero-order valence-corrected chi connectivity index (χ0v) is 16.5. The van der Waals surface area contributed by atoms with Gasteiger partial charge in [-0.2, -0.15) is 0 Å².